The van der Waals surface area contributed by atoms with E-state index in [0.717, 1.165) is 0 Å². The quantitative estimate of drug-likeness (QED) is 0.828. The minimum absolute atomic E-state index is 0.0295. The molecule has 1 saturated heterocycles. The number of amides is 2. The second-order valence-electron chi connectivity index (χ2n) is 4.95. The highest BCUT2D eigenvalue weighted by Gasteiger charge is 2.39. The minimum Gasteiger partial charge on any atom is -0.480 e. The van der Waals surface area contributed by atoms with Crippen molar-refractivity contribution in [1.29, 1.82) is 0 Å². The van der Waals surface area contributed by atoms with Crippen LogP contribution in [0.15, 0.2) is 4.52 Å². The Morgan fingerprint density at radius 3 is 2.90 bits per heavy atom. The van der Waals surface area contributed by atoms with Gasteiger partial charge in [0, 0.05) is 26.4 Å². The molecule has 1 aliphatic rings. The molecule has 2 N–H and O–H groups in total. The molecule has 8 nitrogen and oxygen atoms in total. The lowest BCUT2D eigenvalue weighted by Gasteiger charge is -2.23. The lowest BCUT2D eigenvalue weighted by atomic mass is 10.0. The number of aryl methyl sites for hydroxylation is 1. The van der Waals surface area contributed by atoms with Gasteiger partial charge in [-0.05, 0) is 12.3 Å². The van der Waals surface area contributed by atoms with Crippen LogP contribution < -0.4 is 5.32 Å². The van der Waals surface area contributed by atoms with Crippen molar-refractivity contribution in [2.45, 2.75) is 32.7 Å². The molecular formula is C12H18N4O4. The molecule has 2 unspecified atom stereocenters. The lowest BCUT2D eigenvalue weighted by molar-refractivity contribution is -0.142. The fourth-order valence-corrected chi connectivity index (χ4v) is 2.38. The Kier molecular flexibility index (Phi) is 4.21. The van der Waals surface area contributed by atoms with E-state index in [-0.39, 0.29) is 11.9 Å². The van der Waals surface area contributed by atoms with Crippen LogP contribution in [0, 0.1) is 12.8 Å². The third kappa shape index (κ3) is 3.06. The molecule has 2 atom stereocenters. The summed E-state index contributed by atoms with van der Waals surface area (Å²) in [6.45, 7) is 4.34. The first-order valence-corrected chi connectivity index (χ1v) is 6.55. The molecule has 0 bridgehead atoms. The Labute approximate surface area is 116 Å². The molecule has 1 fully saturated rings. The van der Waals surface area contributed by atoms with E-state index < -0.39 is 12.0 Å². The monoisotopic (exact) mass is 282 g/mol. The summed E-state index contributed by atoms with van der Waals surface area (Å²) in [7, 11) is 0. The van der Waals surface area contributed by atoms with Gasteiger partial charge in [0.2, 0.25) is 5.89 Å². The Balaban J connectivity index is 1.84. The fraction of sp³-hybridized carbons (Fsp3) is 0.667. The fourth-order valence-electron chi connectivity index (χ4n) is 2.38. The van der Waals surface area contributed by atoms with Crippen molar-refractivity contribution in [2.24, 2.45) is 5.92 Å². The highest BCUT2D eigenvalue weighted by atomic mass is 16.5. The number of carbonyl (C=O) groups is 2. The summed E-state index contributed by atoms with van der Waals surface area (Å²) < 4.78 is 4.82. The number of carboxylic acids is 1. The van der Waals surface area contributed by atoms with Gasteiger partial charge < -0.3 is 19.8 Å². The molecule has 1 aromatic rings. The van der Waals surface area contributed by atoms with E-state index in [2.05, 4.69) is 15.5 Å². The normalized spacial score (nSPS) is 22.0. The van der Waals surface area contributed by atoms with Crippen molar-refractivity contribution < 1.29 is 19.2 Å². The molecule has 110 valence electrons. The standard InChI is InChI=1S/C12H18N4O4/c1-7-4-6-16(10(7)11(17)18)12(19)13-5-3-9-14-8(2)20-15-9/h7,10H,3-6H2,1-2H3,(H,13,19)(H,17,18). The van der Waals surface area contributed by atoms with Gasteiger partial charge in [0.25, 0.3) is 0 Å². The minimum atomic E-state index is -0.959. The summed E-state index contributed by atoms with van der Waals surface area (Å²) in [5.74, 6) is 0.00931. The number of likely N-dealkylation sites (tertiary alicyclic amines) is 1. The molecular weight excluding hydrogens is 264 g/mol. The maximum Gasteiger partial charge on any atom is 0.326 e. The van der Waals surface area contributed by atoms with Crippen molar-refractivity contribution in [1.82, 2.24) is 20.4 Å². The summed E-state index contributed by atoms with van der Waals surface area (Å²) in [5, 5.41) is 15.6. The van der Waals surface area contributed by atoms with Gasteiger partial charge in [-0.25, -0.2) is 9.59 Å². The van der Waals surface area contributed by atoms with Crippen LogP contribution in [0.4, 0.5) is 4.79 Å². The van der Waals surface area contributed by atoms with Crippen molar-refractivity contribution in [3.8, 4) is 0 Å². The van der Waals surface area contributed by atoms with Gasteiger partial charge in [-0.15, -0.1) is 0 Å². The summed E-state index contributed by atoms with van der Waals surface area (Å²) in [6.07, 6.45) is 1.15. The molecule has 0 spiro atoms. The van der Waals surface area contributed by atoms with E-state index in [1.807, 2.05) is 6.92 Å². The summed E-state index contributed by atoms with van der Waals surface area (Å²) in [4.78, 5) is 28.6. The van der Waals surface area contributed by atoms with Gasteiger partial charge in [0.05, 0.1) is 0 Å². The average Bonchev–Trinajstić information content (AvgIpc) is 2.95. The number of aromatic nitrogens is 2. The molecule has 0 saturated carbocycles. The molecule has 0 aromatic carbocycles. The van der Waals surface area contributed by atoms with Crippen molar-refractivity contribution >= 4 is 12.0 Å². The number of urea groups is 1. The van der Waals surface area contributed by atoms with E-state index in [9.17, 15) is 9.59 Å². The van der Waals surface area contributed by atoms with Gasteiger partial charge >= 0.3 is 12.0 Å². The van der Waals surface area contributed by atoms with Gasteiger partial charge in [-0.2, -0.15) is 4.98 Å². The topological polar surface area (TPSA) is 109 Å². The molecule has 0 radical (unpaired) electrons. The van der Waals surface area contributed by atoms with Crippen LogP contribution in [0.3, 0.4) is 0 Å². The number of aliphatic carboxylic acids is 1. The summed E-state index contributed by atoms with van der Waals surface area (Å²) >= 11 is 0. The molecule has 8 heteroatoms. The predicted molar refractivity (Wildman–Crippen MR) is 68.0 cm³/mol. The molecule has 20 heavy (non-hydrogen) atoms. The van der Waals surface area contributed by atoms with Gasteiger partial charge in [-0.3, -0.25) is 0 Å². The van der Waals surface area contributed by atoms with Crippen molar-refractivity contribution in [2.75, 3.05) is 13.1 Å². The number of nitrogens with one attached hydrogen (secondary N) is 1. The second-order valence-corrected chi connectivity index (χ2v) is 4.95. The molecule has 1 aliphatic heterocycles. The third-order valence-corrected chi connectivity index (χ3v) is 3.41. The number of nitrogens with zero attached hydrogens (tertiary/aromatic N) is 3. The van der Waals surface area contributed by atoms with Crippen LogP contribution >= 0.6 is 0 Å². The number of hydrogen-bond acceptors (Lipinski definition) is 5. The Bertz CT molecular complexity index is 501. The van der Waals surface area contributed by atoms with Gasteiger partial charge in [0.1, 0.15) is 6.04 Å². The van der Waals surface area contributed by atoms with Crippen LogP contribution in [0.2, 0.25) is 0 Å². The van der Waals surface area contributed by atoms with Gasteiger partial charge in [0.15, 0.2) is 5.82 Å². The SMILES string of the molecule is Cc1nc(CCNC(=O)N2CCC(C)C2C(=O)O)no1. The maximum atomic E-state index is 12.0. The van der Waals surface area contributed by atoms with E-state index >= 15 is 0 Å². The maximum absolute atomic E-state index is 12.0. The highest BCUT2D eigenvalue weighted by Crippen LogP contribution is 2.23. The second kappa shape index (κ2) is 5.89. The largest absolute Gasteiger partial charge is 0.480 e. The zero-order chi connectivity index (χ0) is 14.7. The summed E-state index contributed by atoms with van der Waals surface area (Å²) in [5.41, 5.74) is 0. The third-order valence-electron chi connectivity index (χ3n) is 3.41. The van der Waals surface area contributed by atoms with E-state index in [1.54, 1.807) is 6.92 Å². The Hall–Kier alpha value is -2.12. The zero-order valence-electron chi connectivity index (χ0n) is 11.5. The molecule has 1 aromatic heterocycles. The smallest absolute Gasteiger partial charge is 0.326 e. The Morgan fingerprint density at radius 2 is 2.30 bits per heavy atom. The highest BCUT2D eigenvalue weighted by molar-refractivity contribution is 5.83. The number of carboxylic acid groups (broad SMARTS) is 1. The molecule has 2 rings (SSSR count). The van der Waals surface area contributed by atoms with E-state index in [1.165, 1.54) is 4.90 Å². The number of hydrogen-bond donors (Lipinski definition) is 2. The van der Waals surface area contributed by atoms with Crippen molar-refractivity contribution in [3.05, 3.63) is 11.7 Å². The van der Waals surface area contributed by atoms with Crippen LogP contribution in [-0.4, -0.2) is 51.3 Å². The van der Waals surface area contributed by atoms with Crippen LogP contribution in [0.5, 0.6) is 0 Å². The first kappa shape index (κ1) is 14.3. The van der Waals surface area contributed by atoms with Crippen LogP contribution in [0.1, 0.15) is 25.1 Å². The molecule has 2 amide bonds. The van der Waals surface area contributed by atoms with Gasteiger partial charge in [-0.1, -0.05) is 12.1 Å². The summed E-state index contributed by atoms with van der Waals surface area (Å²) in [6, 6.07) is -1.11. The molecule has 0 aliphatic carbocycles. The first-order valence-electron chi connectivity index (χ1n) is 6.55. The average molecular weight is 282 g/mol. The Morgan fingerprint density at radius 1 is 1.55 bits per heavy atom. The van der Waals surface area contributed by atoms with Crippen LogP contribution in [0.25, 0.3) is 0 Å². The van der Waals surface area contributed by atoms with Crippen molar-refractivity contribution in [3.63, 3.8) is 0 Å². The first-order chi connectivity index (χ1) is 9.49. The van der Waals surface area contributed by atoms with E-state index in [4.69, 9.17) is 9.63 Å². The van der Waals surface area contributed by atoms with E-state index in [0.29, 0.717) is 37.6 Å². The number of carbonyl (C=O) groups excluding carboxylic acids is 1. The lowest BCUT2D eigenvalue weighted by Crippen LogP contribution is -2.48. The van der Waals surface area contributed by atoms with Crippen LogP contribution in [-0.2, 0) is 11.2 Å². The molecule has 2 heterocycles. The number of rotatable bonds is 4. The zero-order valence-corrected chi connectivity index (χ0v) is 11.5. The predicted octanol–water partition coefficient (Wildman–Crippen LogP) is 0.425.